The molecule has 1 atom stereocenters. The Kier molecular flexibility index (Phi) is 4.79. The van der Waals surface area contributed by atoms with Crippen LogP contribution in [-0.4, -0.2) is 50.2 Å². The Morgan fingerprint density at radius 2 is 1.75 bits per heavy atom. The Hall–Kier alpha value is -3.08. The van der Waals surface area contributed by atoms with Gasteiger partial charge in [0.05, 0.1) is 23.4 Å². The Labute approximate surface area is 160 Å². The van der Waals surface area contributed by atoms with Gasteiger partial charge in [-0.1, -0.05) is 6.42 Å². The molecular formula is C17H19N3O7S. The fourth-order valence-electron chi connectivity index (χ4n) is 3.54. The highest BCUT2D eigenvalue weighted by atomic mass is 32.3. The van der Waals surface area contributed by atoms with Crippen LogP contribution < -0.4 is 16.2 Å². The second-order valence-corrected chi connectivity index (χ2v) is 9.66. The average molecular weight is 409 g/mol. The molecule has 1 aliphatic heterocycles. The molecule has 0 aromatic heterocycles. The molecule has 2 amide bonds. The van der Waals surface area contributed by atoms with Gasteiger partial charge in [-0.25, -0.2) is 4.79 Å². The summed E-state index contributed by atoms with van der Waals surface area (Å²) in [5, 5.41) is 22.9. The van der Waals surface area contributed by atoms with Gasteiger partial charge in [-0.3, -0.25) is 14.4 Å². The number of hydrogen-bond acceptors (Lipinski definition) is 6. The lowest BCUT2D eigenvalue weighted by molar-refractivity contribution is -0.135. The summed E-state index contributed by atoms with van der Waals surface area (Å²) in [5.74, 6) is -2.82. The molecule has 11 heteroatoms. The summed E-state index contributed by atoms with van der Waals surface area (Å²) in [6.07, 6.45) is 2.99. The molecule has 1 aromatic carbocycles. The third-order valence-corrected chi connectivity index (χ3v) is 8.60. The van der Waals surface area contributed by atoms with Crippen LogP contribution in [0.4, 0.5) is 9.59 Å². The quantitative estimate of drug-likeness (QED) is 0.488. The van der Waals surface area contributed by atoms with Gasteiger partial charge >= 0.3 is 11.9 Å². The first kappa shape index (κ1) is 19.7. The second kappa shape index (κ2) is 6.82. The van der Waals surface area contributed by atoms with Crippen LogP contribution in [0.5, 0.6) is 5.75 Å². The van der Waals surface area contributed by atoms with Gasteiger partial charge in [0.2, 0.25) is 0 Å². The summed E-state index contributed by atoms with van der Waals surface area (Å²) in [6.45, 7) is 0.291. The minimum Gasteiger partial charge on any atom is -0.493 e. The van der Waals surface area contributed by atoms with Gasteiger partial charge in [-0.05, 0) is 40.9 Å². The highest BCUT2D eigenvalue weighted by Crippen LogP contribution is 2.68. The van der Waals surface area contributed by atoms with Gasteiger partial charge < -0.3 is 31.8 Å². The average Bonchev–Trinajstić information content (AvgIpc) is 2.84. The topological polar surface area (TPSA) is 194 Å². The first-order chi connectivity index (χ1) is 13.1. The van der Waals surface area contributed by atoms with E-state index in [0.717, 1.165) is 25.3 Å². The Morgan fingerprint density at radius 1 is 1.14 bits per heavy atom. The maximum Gasteiger partial charge on any atom is 0.336 e. The lowest BCUT2D eigenvalue weighted by atomic mass is 9.86. The predicted octanol–water partition coefficient (Wildman–Crippen LogP) is 1.72. The van der Waals surface area contributed by atoms with E-state index in [0.29, 0.717) is 12.5 Å². The number of carboxylic acid groups (broad SMARTS) is 2. The third kappa shape index (κ3) is 2.61. The summed E-state index contributed by atoms with van der Waals surface area (Å²) >= 11 is 0. The zero-order valence-electron chi connectivity index (χ0n) is 14.6. The summed E-state index contributed by atoms with van der Waals surface area (Å²) in [7, 11) is -3.88. The highest BCUT2D eigenvalue weighted by Gasteiger charge is 2.60. The molecule has 0 bridgehead atoms. The minimum absolute atomic E-state index is 0.0417. The van der Waals surface area contributed by atoms with Crippen molar-refractivity contribution in [2.24, 2.45) is 17.4 Å². The number of nitrogens with two attached hydrogens (primary N) is 2. The molecule has 28 heavy (non-hydrogen) atoms. The van der Waals surface area contributed by atoms with E-state index in [-0.39, 0.29) is 11.3 Å². The van der Waals surface area contributed by atoms with Crippen LogP contribution in [0.3, 0.4) is 0 Å². The first-order valence-corrected chi connectivity index (χ1v) is 10.1. The maximum atomic E-state index is 12.4. The van der Waals surface area contributed by atoms with Crippen molar-refractivity contribution < 1.29 is 34.1 Å². The maximum absolute atomic E-state index is 12.4. The van der Waals surface area contributed by atoms with E-state index in [1.807, 2.05) is 0 Å². The van der Waals surface area contributed by atoms with Crippen LogP contribution in [0, 0.1) is 11.3 Å². The molecule has 3 rings (SSSR count). The molecule has 10 nitrogen and oxygen atoms in total. The molecule has 150 valence electrons. The number of carbonyl (C=O) groups excluding carboxylic acids is 2. The van der Waals surface area contributed by atoms with Crippen LogP contribution in [0.15, 0.2) is 17.0 Å². The zero-order valence-corrected chi connectivity index (χ0v) is 15.5. The van der Waals surface area contributed by atoms with Crippen LogP contribution in [0.25, 0.3) is 0 Å². The van der Waals surface area contributed by atoms with Gasteiger partial charge in [-0.2, -0.15) is 0 Å². The van der Waals surface area contributed by atoms with Crippen molar-refractivity contribution in [3.8, 4) is 5.75 Å². The van der Waals surface area contributed by atoms with Gasteiger partial charge in [0.25, 0.3) is 10.5 Å². The van der Waals surface area contributed by atoms with Gasteiger partial charge in [0.1, 0.15) is 11.0 Å². The van der Waals surface area contributed by atoms with Crippen LogP contribution in [0.1, 0.15) is 35.2 Å². The molecule has 1 saturated carbocycles. The first-order valence-electron chi connectivity index (χ1n) is 8.39. The molecule has 0 spiro atoms. The van der Waals surface area contributed by atoms with E-state index in [1.54, 1.807) is 0 Å². The molecule has 2 aliphatic rings. The molecule has 0 radical (unpaired) electrons. The number of carbonyl (C=O) groups is 4. The van der Waals surface area contributed by atoms with E-state index in [9.17, 15) is 29.4 Å². The number of aromatic carboxylic acids is 1. The van der Waals surface area contributed by atoms with Crippen LogP contribution >= 0.6 is 10.0 Å². The Bertz CT molecular complexity index is 912. The molecule has 1 aliphatic carbocycles. The van der Waals surface area contributed by atoms with Crippen LogP contribution in [0.2, 0.25) is 0 Å². The summed E-state index contributed by atoms with van der Waals surface area (Å²) in [6, 6.07) is 2.41. The summed E-state index contributed by atoms with van der Waals surface area (Å²) in [5.41, 5.74) is 9.53. The van der Waals surface area contributed by atoms with E-state index < -0.39 is 53.9 Å². The molecule has 7 N–H and O–H groups in total. The Balaban J connectivity index is 2.30. The fraction of sp³-hybridized carbons (Fsp3) is 0.353. The molecule has 1 heterocycles. The molecular weight excluding hydrogens is 390 g/mol. The molecule has 1 fully saturated rings. The number of fused-ring (bicyclic) bond motifs is 1. The van der Waals surface area contributed by atoms with E-state index in [4.69, 9.17) is 21.6 Å². The van der Waals surface area contributed by atoms with Gasteiger partial charge in [0, 0.05) is 4.90 Å². The number of aliphatic carboxylic acids is 1. The monoisotopic (exact) mass is 409 g/mol. The largest absolute Gasteiger partial charge is 0.493 e. The predicted molar refractivity (Wildman–Crippen MR) is 99.5 cm³/mol. The van der Waals surface area contributed by atoms with E-state index in [1.165, 1.54) is 6.07 Å². The van der Waals surface area contributed by atoms with Crippen molar-refractivity contribution in [3.05, 3.63) is 23.3 Å². The number of hydrogen-bond donors (Lipinski definition) is 5. The standard InChI is InChI=1S/C17H19N3O7S/c18-11-10-9(27-6-7-2-1-3-7)5-4-8(14(21)22)12(10)28(16(19)25,17(20)26)13(11)15(23)24/h4-5,7,13,18H,1-3,6H2,(H2,19,25)(H2,20,26)(H,21,22)(H,23,24). The molecule has 1 aromatic rings. The van der Waals surface area contributed by atoms with Crippen molar-refractivity contribution in [3.63, 3.8) is 0 Å². The molecule has 0 saturated heterocycles. The number of amides is 2. The minimum atomic E-state index is -3.88. The SMILES string of the molecule is N=C1c2c(OCC3CCC3)ccc(C(=O)O)c2S(C(N)=O)(C(N)=O)C1C(=O)O. The number of carboxylic acids is 2. The normalized spacial score (nSPS) is 21.3. The van der Waals surface area contributed by atoms with Crippen LogP contribution in [-0.2, 0) is 4.79 Å². The van der Waals surface area contributed by atoms with Gasteiger partial charge in [-0.15, -0.1) is 0 Å². The summed E-state index contributed by atoms with van der Waals surface area (Å²) in [4.78, 5) is 48.0. The number of nitrogens with one attached hydrogen (secondary N) is 1. The third-order valence-electron chi connectivity index (χ3n) is 5.12. The lowest BCUT2D eigenvalue weighted by Gasteiger charge is -2.33. The Morgan fingerprint density at radius 3 is 2.18 bits per heavy atom. The van der Waals surface area contributed by atoms with Crippen molar-refractivity contribution in [2.45, 2.75) is 29.4 Å². The van der Waals surface area contributed by atoms with E-state index in [2.05, 4.69) is 0 Å². The van der Waals surface area contributed by atoms with E-state index >= 15 is 0 Å². The number of rotatable bonds is 5. The van der Waals surface area contributed by atoms with Crippen molar-refractivity contribution in [1.29, 1.82) is 5.41 Å². The fourth-order valence-corrected chi connectivity index (χ4v) is 6.65. The second-order valence-electron chi connectivity index (χ2n) is 6.66. The smallest absolute Gasteiger partial charge is 0.336 e. The van der Waals surface area contributed by atoms with Crippen molar-refractivity contribution in [1.82, 2.24) is 0 Å². The zero-order chi connectivity index (χ0) is 20.8. The highest BCUT2D eigenvalue weighted by molar-refractivity contribution is 8.57. The number of primary amides is 2. The summed E-state index contributed by atoms with van der Waals surface area (Å²) < 4.78 is 5.72. The van der Waals surface area contributed by atoms with Crippen molar-refractivity contribution in [2.75, 3.05) is 6.61 Å². The lowest BCUT2D eigenvalue weighted by Crippen LogP contribution is -2.42. The van der Waals surface area contributed by atoms with Crippen molar-refractivity contribution >= 4 is 38.2 Å². The molecule has 1 unspecified atom stereocenters. The number of benzene rings is 1. The number of ether oxygens (including phenoxy) is 1. The van der Waals surface area contributed by atoms with Gasteiger partial charge in [0.15, 0.2) is 0 Å².